The van der Waals surface area contributed by atoms with Gasteiger partial charge in [-0.05, 0) is 6.92 Å². The summed E-state index contributed by atoms with van der Waals surface area (Å²) in [4.78, 5) is 20.5. The summed E-state index contributed by atoms with van der Waals surface area (Å²) in [5, 5.41) is 14.6. The number of aliphatic hydroxyl groups excluding tert-OH is 2. The van der Waals surface area contributed by atoms with Crippen molar-refractivity contribution in [3.8, 4) is 0 Å². The highest BCUT2D eigenvalue weighted by atomic mass is 16.5. The highest BCUT2D eigenvalue weighted by Gasteiger charge is 1.95. The number of aliphatic hydroxyl groups is 2. The van der Waals surface area contributed by atoms with Crippen LogP contribution in [0, 0.1) is 0 Å². The third-order valence-corrected chi connectivity index (χ3v) is 1.43. The average molecular weight is 314 g/mol. The van der Waals surface area contributed by atoms with Gasteiger partial charge in [-0.15, -0.1) is 0 Å². The number of methoxy groups -OCH3 is 3. The number of esters is 1. The van der Waals surface area contributed by atoms with Gasteiger partial charge in [-0.2, -0.15) is 0 Å². The van der Waals surface area contributed by atoms with E-state index in [2.05, 4.69) is 14.2 Å². The van der Waals surface area contributed by atoms with Gasteiger partial charge >= 0.3 is 5.97 Å². The molecule has 0 fully saturated rings. The fraction of sp³-hybridized carbons (Fsp3) is 0.833. The molecule has 0 saturated heterocycles. The summed E-state index contributed by atoms with van der Waals surface area (Å²) >= 11 is 0. The van der Waals surface area contributed by atoms with Gasteiger partial charge < -0.3 is 24.4 Å². The molecule has 9 heteroatoms. The van der Waals surface area contributed by atoms with Gasteiger partial charge in [0.15, 0.2) is 0 Å². The predicted octanol–water partition coefficient (Wildman–Crippen LogP) is -1.18. The highest BCUT2D eigenvalue weighted by molar-refractivity contribution is 5.75. The van der Waals surface area contributed by atoms with Crippen LogP contribution in [-0.2, 0) is 23.8 Å². The summed E-state index contributed by atoms with van der Waals surface area (Å²) in [6, 6.07) is 0. The van der Waals surface area contributed by atoms with Crippen LogP contribution in [-0.4, -0.2) is 70.3 Å². The molecule has 0 aromatic heterocycles. The monoisotopic (exact) mass is 314 g/mol. The van der Waals surface area contributed by atoms with Crippen molar-refractivity contribution in [2.24, 2.45) is 5.84 Å². The van der Waals surface area contributed by atoms with Crippen molar-refractivity contribution >= 4 is 11.9 Å². The second-order valence-electron chi connectivity index (χ2n) is 2.95. The van der Waals surface area contributed by atoms with Gasteiger partial charge in [-0.1, -0.05) is 0 Å². The second kappa shape index (κ2) is 31.2. The van der Waals surface area contributed by atoms with Crippen LogP contribution in [0.5, 0.6) is 0 Å². The lowest BCUT2D eigenvalue weighted by molar-refractivity contribution is -0.141. The van der Waals surface area contributed by atoms with Crippen LogP contribution in [0.2, 0.25) is 0 Å². The number of nitrogens with two attached hydrogens (primary N) is 1. The Bertz CT molecular complexity index is 184. The van der Waals surface area contributed by atoms with Crippen LogP contribution in [0.4, 0.5) is 0 Å². The van der Waals surface area contributed by atoms with Gasteiger partial charge in [-0.3, -0.25) is 15.0 Å². The van der Waals surface area contributed by atoms with E-state index >= 15 is 0 Å². The predicted molar refractivity (Wildman–Crippen MR) is 78.2 cm³/mol. The number of hydrazine groups is 1. The SMILES string of the molecule is CCO.CO.COCCC(=O)NN.COCCC(=O)OC. The first-order chi connectivity index (χ1) is 10.0. The number of carbonyl (C=O) groups is 2. The van der Waals surface area contributed by atoms with Crippen LogP contribution in [0.3, 0.4) is 0 Å². The third kappa shape index (κ3) is 45.5. The number of rotatable bonds is 6. The lowest BCUT2D eigenvalue weighted by Gasteiger charge is -1.95. The maximum absolute atomic E-state index is 10.3. The largest absolute Gasteiger partial charge is 0.469 e. The molecule has 5 N–H and O–H groups in total. The van der Waals surface area contributed by atoms with E-state index in [1.807, 2.05) is 5.43 Å². The van der Waals surface area contributed by atoms with E-state index < -0.39 is 0 Å². The van der Waals surface area contributed by atoms with Crippen molar-refractivity contribution in [1.82, 2.24) is 5.43 Å². The molecule has 0 unspecified atom stereocenters. The van der Waals surface area contributed by atoms with E-state index in [0.29, 0.717) is 26.1 Å². The Labute approximate surface area is 126 Å². The molecule has 0 saturated carbocycles. The molecule has 0 spiro atoms. The number of hydrogen-bond donors (Lipinski definition) is 4. The zero-order valence-electron chi connectivity index (χ0n) is 13.5. The van der Waals surface area contributed by atoms with E-state index in [0.717, 1.165) is 7.11 Å². The third-order valence-electron chi connectivity index (χ3n) is 1.43. The topological polar surface area (TPSA) is 140 Å². The summed E-state index contributed by atoms with van der Waals surface area (Å²) < 4.78 is 13.5. The molecule has 0 aliphatic carbocycles. The van der Waals surface area contributed by atoms with Gasteiger partial charge in [0, 0.05) is 27.9 Å². The van der Waals surface area contributed by atoms with Crippen LogP contribution < -0.4 is 11.3 Å². The first-order valence-corrected chi connectivity index (χ1v) is 6.13. The Kier molecular flexibility index (Phi) is 41.6. The van der Waals surface area contributed by atoms with Gasteiger partial charge in [0.05, 0.1) is 33.2 Å². The molecule has 0 aliphatic heterocycles. The van der Waals surface area contributed by atoms with Gasteiger partial charge in [0.1, 0.15) is 0 Å². The van der Waals surface area contributed by atoms with E-state index in [1.165, 1.54) is 14.2 Å². The molecule has 0 bridgehead atoms. The maximum atomic E-state index is 10.3. The number of hydrogen-bond acceptors (Lipinski definition) is 8. The molecule has 130 valence electrons. The van der Waals surface area contributed by atoms with Crippen molar-refractivity contribution in [1.29, 1.82) is 0 Å². The molecule has 0 atom stereocenters. The Morgan fingerprint density at radius 2 is 1.43 bits per heavy atom. The van der Waals surface area contributed by atoms with E-state index in [9.17, 15) is 9.59 Å². The quantitative estimate of drug-likeness (QED) is 0.208. The normalized spacial score (nSPS) is 7.81. The summed E-state index contributed by atoms with van der Waals surface area (Å²) in [7, 11) is 5.44. The smallest absolute Gasteiger partial charge is 0.307 e. The molecule has 0 aromatic carbocycles. The van der Waals surface area contributed by atoms with Gasteiger partial charge in [0.25, 0.3) is 0 Å². The molecule has 9 nitrogen and oxygen atoms in total. The Balaban J connectivity index is -0.000000105. The lowest BCUT2D eigenvalue weighted by atomic mass is 10.4. The number of ether oxygens (including phenoxy) is 3. The van der Waals surface area contributed by atoms with Gasteiger partial charge in [-0.25, -0.2) is 5.84 Å². The van der Waals surface area contributed by atoms with E-state index in [1.54, 1.807) is 14.0 Å². The van der Waals surface area contributed by atoms with E-state index in [4.69, 9.17) is 16.1 Å². The lowest BCUT2D eigenvalue weighted by Crippen LogP contribution is -2.30. The minimum absolute atomic E-state index is 0.202. The number of carbonyl (C=O) groups excluding carboxylic acids is 2. The van der Waals surface area contributed by atoms with Crippen molar-refractivity contribution in [3.63, 3.8) is 0 Å². The molecule has 0 rings (SSSR count). The minimum atomic E-state index is -0.230. The fourth-order valence-corrected chi connectivity index (χ4v) is 0.554. The van der Waals surface area contributed by atoms with Gasteiger partial charge in [0.2, 0.25) is 5.91 Å². The molecular formula is C12H30N2O7. The van der Waals surface area contributed by atoms with E-state index in [-0.39, 0.29) is 18.5 Å². The molecule has 1 amide bonds. The van der Waals surface area contributed by atoms with Crippen molar-refractivity contribution in [2.75, 3.05) is 48.3 Å². The maximum Gasteiger partial charge on any atom is 0.307 e. The molecular weight excluding hydrogens is 284 g/mol. The van der Waals surface area contributed by atoms with Crippen molar-refractivity contribution in [3.05, 3.63) is 0 Å². The van der Waals surface area contributed by atoms with Crippen molar-refractivity contribution < 1.29 is 34.0 Å². The Morgan fingerprint density at radius 1 is 1.05 bits per heavy atom. The molecule has 0 heterocycles. The molecule has 0 aromatic rings. The first kappa shape index (κ1) is 28.0. The fourth-order valence-electron chi connectivity index (χ4n) is 0.554. The van der Waals surface area contributed by atoms with Crippen LogP contribution in [0.25, 0.3) is 0 Å². The number of nitrogens with one attached hydrogen (secondary N) is 1. The van der Waals surface area contributed by atoms with Crippen LogP contribution in [0.1, 0.15) is 19.8 Å². The second-order valence-corrected chi connectivity index (χ2v) is 2.95. The summed E-state index contributed by atoms with van der Waals surface area (Å²) in [5.41, 5.74) is 1.98. The Hall–Kier alpha value is -1.26. The molecule has 0 radical (unpaired) electrons. The van der Waals surface area contributed by atoms with Crippen LogP contribution in [0.15, 0.2) is 0 Å². The highest BCUT2D eigenvalue weighted by Crippen LogP contribution is 1.82. The Morgan fingerprint density at radius 3 is 1.71 bits per heavy atom. The molecule has 0 aliphatic rings. The zero-order chi connectivity index (χ0) is 17.5. The average Bonchev–Trinajstić information content (AvgIpc) is 2.53. The number of amides is 1. The zero-order valence-corrected chi connectivity index (χ0v) is 13.5. The van der Waals surface area contributed by atoms with Crippen molar-refractivity contribution in [2.45, 2.75) is 19.8 Å². The molecule has 21 heavy (non-hydrogen) atoms. The first-order valence-electron chi connectivity index (χ1n) is 6.13. The van der Waals surface area contributed by atoms with Crippen LogP contribution >= 0.6 is 0 Å². The summed E-state index contributed by atoms with van der Waals surface area (Å²) in [6.45, 7) is 2.79. The summed E-state index contributed by atoms with van der Waals surface area (Å²) in [6.07, 6.45) is 0.667. The minimum Gasteiger partial charge on any atom is -0.469 e. The summed E-state index contributed by atoms with van der Waals surface area (Å²) in [5.74, 6) is 4.33. The standard InChI is InChI=1S/C5H10O3.C4H10N2O2.C2H6O.CH4O/c1-7-4-3-5(6)8-2;1-8-3-2-4(7)6-5;1-2-3;1-2/h3-4H2,1-2H3;2-3,5H2,1H3,(H,6,7);3H,2H2,1H3;2H,1H3.